The quantitative estimate of drug-likeness (QED) is 0.793. The molecule has 3 rings (SSSR count). The Labute approximate surface area is 134 Å². The minimum atomic E-state index is 0.0392. The normalized spacial score (nSPS) is 15.9. The van der Waals surface area contributed by atoms with Crippen molar-refractivity contribution in [3.05, 3.63) is 35.3 Å². The molecule has 1 aromatic heterocycles. The van der Waals surface area contributed by atoms with Crippen LogP contribution in [0.1, 0.15) is 12.6 Å². The molecular formula is C16H20N4OS. The predicted octanol–water partition coefficient (Wildman–Crippen LogP) is 2.99. The second kappa shape index (κ2) is 6.46. The van der Waals surface area contributed by atoms with Gasteiger partial charge in [0.15, 0.2) is 5.13 Å². The van der Waals surface area contributed by atoms with Crippen LogP contribution < -0.4 is 16.0 Å². The first kappa shape index (κ1) is 15.0. The van der Waals surface area contributed by atoms with E-state index in [4.69, 9.17) is 0 Å². The van der Waals surface area contributed by atoms with E-state index in [1.807, 2.05) is 43.5 Å². The second-order valence-electron chi connectivity index (χ2n) is 5.69. The van der Waals surface area contributed by atoms with Crippen molar-refractivity contribution in [3.63, 3.8) is 0 Å². The standard InChI is InChI=1S/C16H20N4OS/c1-10-9-22-16(18-10)20-14-5-3-13(4-6-14)19-15(21)11(2)12-7-17-8-12/h3-6,9,11-12,17H,7-8H2,1-2H3,(H,18,20)(H,19,21). The molecule has 0 radical (unpaired) electrons. The van der Waals surface area contributed by atoms with Crippen LogP contribution in [0.3, 0.4) is 0 Å². The molecule has 3 N–H and O–H groups in total. The van der Waals surface area contributed by atoms with Crippen molar-refractivity contribution in [2.75, 3.05) is 23.7 Å². The fourth-order valence-electron chi connectivity index (χ4n) is 2.31. The summed E-state index contributed by atoms with van der Waals surface area (Å²) >= 11 is 1.58. The minimum Gasteiger partial charge on any atom is -0.332 e. The molecule has 0 saturated carbocycles. The van der Waals surface area contributed by atoms with E-state index in [-0.39, 0.29) is 11.8 Å². The Morgan fingerprint density at radius 1 is 1.32 bits per heavy atom. The number of aryl methyl sites for hydroxylation is 1. The van der Waals surface area contributed by atoms with E-state index < -0.39 is 0 Å². The van der Waals surface area contributed by atoms with E-state index in [2.05, 4.69) is 20.9 Å². The van der Waals surface area contributed by atoms with Crippen molar-refractivity contribution in [2.24, 2.45) is 11.8 Å². The fourth-order valence-corrected chi connectivity index (χ4v) is 3.01. The van der Waals surface area contributed by atoms with E-state index in [1.165, 1.54) is 0 Å². The topological polar surface area (TPSA) is 66.0 Å². The van der Waals surface area contributed by atoms with Crippen LogP contribution in [0.4, 0.5) is 16.5 Å². The van der Waals surface area contributed by atoms with Gasteiger partial charge < -0.3 is 16.0 Å². The zero-order valence-electron chi connectivity index (χ0n) is 12.7. The zero-order valence-corrected chi connectivity index (χ0v) is 13.5. The molecule has 1 fully saturated rings. The summed E-state index contributed by atoms with van der Waals surface area (Å²) in [5, 5.41) is 12.3. The molecule has 1 amide bonds. The molecule has 1 unspecified atom stereocenters. The highest BCUT2D eigenvalue weighted by molar-refractivity contribution is 7.13. The highest BCUT2D eigenvalue weighted by atomic mass is 32.1. The van der Waals surface area contributed by atoms with Crippen molar-refractivity contribution in [1.82, 2.24) is 10.3 Å². The predicted molar refractivity (Wildman–Crippen MR) is 90.7 cm³/mol. The second-order valence-corrected chi connectivity index (χ2v) is 6.55. The van der Waals surface area contributed by atoms with E-state index in [9.17, 15) is 4.79 Å². The molecule has 1 aromatic carbocycles. The van der Waals surface area contributed by atoms with Gasteiger partial charge >= 0.3 is 0 Å². The summed E-state index contributed by atoms with van der Waals surface area (Å²) in [7, 11) is 0. The van der Waals surface area contributed by atoms with Gasteiger partial charge in [-0.15, -0.1) is 11.3 Å². The summed E-state index contributed by atoms with van der Waals surface area (Å²) in [6, 6.07) is 7.71. The molecule has 116 valence electrons. The number of anilines is 3. The van der Waals surface area contributed by atoms with Crippen LogP contribution in [0, 0.1) is 18.8 Å². The van der Waals surface area contributed by atoms with Crippen LogP contribution in [0.25, 0.3) is 0 Å². The lowest BCUT2D eigenvalue weighted by atomic mass is 9.88. The fraction of sp³-hybridized carbons (Fsp3) is 0.375. The van der Waals surface area contributed by atoms with Crippen LogP contribution in [-0.4, -0.2) is 24.0 Å². The van der Waals surface area contributed by atoms with Gasteiger partial charge in [0.25, 0.3) is 0 Å². The van der Waals surface area contributed by atoms with E-state index >= 15 is 0 Å². The van der Waals surface area contributed by atoms with Crippen molar-refractivity contribution < 1.29 is 4.79 Å². The van der Waals surface area contributed by atoms with E-state index in [0.29, 0.717) is 5.92 Å². The largest absolute Gasteiger partial charge is 0.332 e. The molecule has 0 bridgehead atoms. The Morgan fingerprint density at radius 2 is 2.00 bits per heavy atom. The van der Waals surface area contributed by atoms with Crippen LogP contribution in [0.5, 0.6) is 0 Å². The summed E-state index contributed by atoms with van der Waals surface area (Å²) < 4.78 is 0. The minimum absolute atomic E-state index is 0.0392. The number of hydrogen-bond acceptors (Lipinski definition) is 5. The number of carbonyl (C=O) groups is 1. The Bertz CT molecular complexity index is 648. The molecule has 1 atom stereocenters. The Balaban J connectivity index is 1.57. The number of hydrogen-bond donors (Lipinski definition) is 3. The lowest BCUT2D eigenvalue weighted by Gasteiger charge is -2.31. The number of rotatable bonds is 5. The summed E-state index contributed by atoms with van der Waals surface area (Å²) in [5.74, 6) is 0.578. The average molecular weight is 316 g/mol. The number of nitrogens with one attached hydrogen (secondary N) is 3. The molecule has 1 aliphatic heterocycles. The first-order valence-electron chi connectivity index (χ1n) is 7.42. The number of thiazole rings is 1. The molecule has 0 spiro atoms. The van der Waals surface area contributed by atoms with Crippen molar-refractivity contribution >= 4 is 33.8 Å². The Hall–Kier alpha value is -1.92. The smallest absolute Gasteiger partial charge is 0.227 e. The van der Waals surface area contributed by atoms with Crippen LogP contribution in [0.2, 0.25) is 0 Å². The summed E-state index contributed by atoms with van der Waals surface area (Å²) in [4.78, 5) is 16.5. The van der Waals surface area contributed by atoms with Gasteiger partial charge in [-0.1, -0.05) is 6.92 Å². The maximum absolute atomic E-state index is 12.2. The molecule has 1 aliphatic rings. The third-order valence-electron chi connectivity index (χ3n) is 3.96. The van der Waals surface area contributed by atoms with Gasteiger partial charge in [0.05, 0.1) is 5.69 Å². The van der Waals surface area contributed by atoms with Gasteiger partial charge in [0.1, 0.15) is 0 Å². The van der Waals surface area contributed by atoms with Crippen molar-refractivity contribution in [2.45, 2.75) is 13.8 Å². The lowest BCUT2D eigenvalue weighted by Crippen LogP contribution is -2.48. The number of carbonyl (C=O) groups excluding carboxylic acids is 1. The van der Waals surface area contributed by atoms with Gasteiger partial charge in [-0.25, -0.2) is 4.98 Å². The van der Waals surface area contributed by atoms with Crippen LogP contribution in [-0.2, 0) is 4.79 Å². The average Bonchev–Trinajstić information content (AvgIpc) is 2.84. The zero-order chi connectivity index (χ0) is 15.5. The van der Waals surface area contributed by atoms with E-state index in [0.717, 1.165) is 35.3 Å². The molecule has 1 saturated heterocycles. The molecule has 0 aliphatic carbocycles. The van der Waals surface area contributed by atoms with Gasteiger partial charge in [-0.3, -0.25) is 4.79 Å². The molecule has 22 heavy (non-hydrogen) atoms. The Kier molecular flexibility index (Phi) is 4.40. The molecule has 2 heterocycles. The van der Waals surface area contributed by atoms with Crippen LogP contribution in [0.15, 0.2) is 29.6 Å². The van der Waals surface area contributed by atoms with Crippen LogP contribution >= 0.6 is 11.3 Å². The lowest BCUT2D eigenvalue weighted by molar-refractivity contribution is -0.121. The van der Waals surface area contributed by atoms with Gasteiger partial charge in [-0.05, 0) is 50.2 Å². The van der Waals surface area contributed by atoms with Crippen molar-refractivity contribution in [3.8, 4) is 0 Å². The summed E-state index contributed by atoms with van der Waals surface area (Å²) in [5.41, 5.74) is 2.80. The molecular weight excluding hydrogens is 296 g/mol. The third-order valence-corrected chi connectivity index (χ3v) is 4.83. The number of benzene rings is 1. The molecule has 6 heteroatoms. The maximum Gasteiger partial charge on any atom is 0.227 e. The third kappa shape index (κ3) is 3.45. The SMILES string of the molecule is Cc1csc(Nc2ccc(NC(=O)C(C)C3CNC3)cc2)n1. The molecule has 5 nitrogen and oxygen atoms in total. The monoisotopic (exact) mass is 316 g/mol. The maximum atomic E-state index is 12.2. The molecule has 2 aromatic rings. The first-order chi connectivity index (χ1) is 10.6. The summed E-state index contributed by atoms with van der Waals surface area (Å²) in [6.45, 7) is 5.83. The highest BCUT2D eigenvalue weighted by Crippen LogP contribution is 2.23. The van der Waals surface area contributed by atoms with Gasteiger partial charge in [0, 0.05) is 22.7 Å². The summed E-state index contributed by atoms with van der Waals surface area (Å²) in [6.07, 6.45) is 0. The first-order valence-corrected chi connectivity index (χ1v) is 8.30. The number of nitrogens with zero attached hydrogens (tertiary/aromatic N) is 1. The van der Waals surface area contributed by atoms with E-state index in [1.54, 1.807) is 11.3 Å². The number of aromatic nitrogens is 1. The highest BCUT2D eigenvalue weighted by Gasteiger charge is 2.28. The van der Waals surface area contributed by atoms with Gasteiger partial charge in [0.2, 0.25) is 5.91 Å². The van der Waals surface area contributed by atoms with Gasteiger partial charge in [-0.2, -0.15) is 0 Å². The Morgan fingerprint density at radius 3 is 2.55 bits per heavy atom. The number of amides is 1. The van der Waals surface area contributed by atoms with Crippen molar-refractivity contribution in [1.29, 1.82) is 0 Å².